The number of ether oxygens (including phenoxy) is 3. The molecule has 0 aromatic heterocycles. The molecule has 2 aliphatic rings. The summed E-state index contributed by atoms with van der Waals surface area (Å²) in [4.78, 5) is 0. The van der Waals surface area contributed by atoms with Gasteiger partial charge in [-0.3, -0.25) is 0 Å². The Balaban J connectivity index is 1.69. The Morgan fingerprint density at radius 2 is 2.26 bits per heavy atom. The van der Waals surface area contributed by atoms with Gasteiger partial charge in [-0.2, -0.15) is 0 Å². The van der Waals surface area contributed by atoms with E-state index in [0.717, 1.165) is 25.9 Å². The molecule has 0 amide bonds. The highest BCUT2D eigenvalue weighted by Crippen LogP contribution is 2.35. The molecule has 3 rings (SSSR count). The molecule has 2 fully saturated rings. The smallest absolute Gasteiger partial charge is 0.142 e. The second-order valence-electron chi connectivity index (χ2n) is 5.25. The van der Waals surface area contributed by atoms with Gasteiger partial charge in [0.1, 0.15) is 11.9 Å². The molecule has 1 spiro atoms. The second kappa shape index (κ2) is 5.19. The molecule has 5 heteroatoms. The maximum Gasteiger partial charge on any atom is 0.142 e. The van der Waals surface area contributed by atoms with Crippen LogP contribution in [0.15, 0.2) is 18.2 Å². The van der Waals surface area contributed by atoms with E-state index in [9.17, 15) is 0 Å². The summed E-state index contributed by atoms with van der Waals surface area (Å²) in [5, 5.41) is 0.623. The lowest BCUT2D eigenvalue weighted by molar-refractivity contribution is -0.112. The first-order valence-corrected chi connectivity index (χ1v) is 6.98. The number of anilines is 1. The summed E-state index contributed by atoms with van der Waals surface area (Å²) in [5.74, 6) is 0.699. The average molecular weight is 284 g/mol. The minimum absolute atomic E-state index is 0.124. The van der Waals surface area contributed by atoms with Crippen LogP contribution >= 0.6 is 11.6 Å². The third-order valence-corrected chi connectivity index (χ3v) is 4.02. The number of hydrogen-bond donors (Lipinski definition) is 1. The highest BCUT2D eigenvalue weighted by molar-refractivity contribution is 6.30. The Labute approximate surface area is 117 Å². The number of nitrogen functional groups attached to an aromatic ring is 1. The largest absolute Gasteiger partial charge is 0.488 e. The van der Waals surface area contributed by atoms with Gasteiger partial charge >= 0.3 is 0 Å². The summed E-state index contributed by atoms with van der Waals surface area (Å²) in [6.45, 7) is 2.15. The summed E-state index contributed by atoms with van der Waals surface area (Å²) >= 11 is 5.89. The van der Waals surface area contributed by atoms with Gasteiger partial charge in [0.05, 0.1) is 24.5 Å². The highest BCUT2D eigenvalue weighted by atomic mass is 35.5. The average Bonchev–Trinajstić information content (AvgIpc) is 2.81. The second-order valence-corrected chi connectivity index (χ2v) is 5.69. The van der Waals surface area contributed by atoms with Crippen LogP contribution in [0.1, 0.15) is 19.3 Å². The number of benzene rings is 1. The number of nitrogens with two attached hydrogens (primary N) is 1. The van der Waals surface area contributed by atoms with Gasteiger partial charge in [0, 0.05) is 30.9 Å². The van der Waals surface area contributed by atoms with Crippen LogP contribution in [0, 0.1) is 0 Å². The fourth-order valence-corrected chi connectivity index (χ4v) is 2.93. The number of halogens is 1. The van der Waals surface area contributed by atoms with E-state index in [1.165, 1.54) is 0 Å². The third-order valence-electron chi connectivity index (χ3n) is 3.78. The lowest BCUT2D eigenvalue weighted by atomic mass is 9.91. The van der Waals surface area contributed by atoms with Crippen molar-refractivity contribution in [2.45, 2.75) is 31.0 Å². The van der Waals surface area contributed by atoms with Gasteiger partial charge in [0.2, 0.25) is 0 Å². The van der Waals surface area contributed by atoms with Crippen LogP contribution in [0.4, 0.5) is 5.69 Å². The molecule has 1 aromatic rings. The molecule has 2 unspecified atom stereocenters. The van der Waals surface area contributed by atoms with E-state index in [-0.39, 0.29) is 11.7 Å². The van der Waals surface area contributed by atoms with Crippen molar-refractivity contribution in [1.29, 1.82) is 0 Å². The highest BCUT2D eigenvalue weighted by Gasteiger charge is 2.41. The van der Waals surface area contributed by atoms with Gasteiger partial charge in [-0.25, -0.2) is 0 Å². The van der Waals surface area contributed by atoms with Gasteiger partial charge < -0.3 is 19.9 Å². The van der Waals surface area contributed by atoms with Gasteiger partial charge in [0.15, 0.2) is 0 Å². The molecule has 0 bridgehead atoms. The lowest BCUT2D eigenvalue weighted by Crippen LogP contribution is -2.44. The molecule has 2 heterocycles. The molecule has 19 heavy (non-hydrogen) atoms. The van der Waals surface area contributed by atoms with Crippen LogP contribution < -0.4 is 10.5 Å². The molecular formula is C14H18ClNO3. The minimum atomic E-state index is -0.149. The van der Waals surface area contributed by atoms with Crippen molar-refractivity contribution in [3.63, 3.8) is 0 Å². The quantitative estimate of drug-likeness (QED) is 0.848. The summed E-state index contributed by atoms with van der Waals surface area (Å²) in [6, 6.07) is 5.33. The molecule has 2 atom stereocenters. The fraction of sp³-hybridized carbons (Fsp3) is 0.571. The zero-order valence-corrected chi connectivity index (χ0v) is 11.5. The van der Waals surface area contributed by atoms with E-state index in [2.05, 4.69) is 0 Å². The zero-order chi connectivity index (χ0) is 13.3. The summed E-state index contributed by atoms with van der Waals surface area (Å²) in [6.07, 6.45) is 2.81. The molecule has 104 valence electrons. The van der Waals surface area contributed by atoms with Crippen LogP contribution in [0.5, 0.6) is 5.75 Å². The van der Waals surface area contributed by atoms with Crippen molar-refractivity contribution in [2.24, 2.45) is 0 Å². The van der Waals surface area contributed by atoms with Gasteiger partial charge in [-0.1, -0.05) is 11.6 Å². The molecule has 2 aliphatic heterocycles. The Kier molecular flexibility index (Phi) is 3.56. The Bertz CT molecular complexity index is 460. The first kappa shape index (κ1) is 13.0. The van der Waals surface area contributed by atoms with Crippen molar-refractivity contribution in [1.82, 2.24) is 0 Å². The molecular weight excluding hydrogens is 266 g/mol. The first-order valence-electron chi connectivity index (χ1n) is 6.60. The van der Waals surface area contributed by atoms with Gasteiger partial charge in [0.25, 0.3) is 0 Å². The predicted molar refractivity (Wildman–Crippen MR) is 73.6 cm³/mol. The van der Waals surface area contributed by atoms with E-state index in [0.29, 0.717) is 29.7 Å². The Morgan fingerprint density at radius 3 is 3.00 bits per heavy atom. The summed E-state index contributed by atoms with van der Waals surface area (Å²) in [7, 11) is 0. The molecule has 1 aromatic carbocycles. The maximum absolute atomic E-state index is 6.01. The summed E-state index contributed by atoms with van der Waals surface area (Å²) < 4.78 is 17.3. The van der Waals surface area contributed by atoms with Crippen molar-refractivity contribution in [2.75, 3.05) is 25.6 Å². The van der Waals surface area contributed by atoms with Crippen LogP contribution in [0.25, 0.3) is 0 Å². The molecule has 2 saturated heterocycles. The number of rotatable bonds is 2. The van der Waals surface area contributed by atoms with Crippen LogP contribution in [-0.2, 0) is 9.47 Å². The lowest BCUT2D eigenvalue weighted by Gasteiger charge is -2.37. The molecule has 4 nitrogen and oxygen atoms in total. The number of hydrogen-bond acceptors (Lipinski definition) is 4. The molecule has 0 aliphatic carbocycles. The zero-order valence-electron chi connectivity index (χ0n) is 10.7. The molecule has 0 saturated carbocycles. The minimum Gasteiger partial charge on any atom is -0.488 e. The Hall–Kier alpha value is -0.970. The standard InChI is InChI=1S/C14H18ClNO3/c15-10-1-2-13(12(16)7-10)19-11-3-5-18-14(8-11)4-6-17-9-14/h1-2,7,11H,3-6,8-9,16H2. The van der Waals surface area contributed by atoms with E-state index in [1.54, 1.807) is 12.1 Å². The van der Waals surface area contributed by atoms with E-state index in [4.69, 9.17) is 31.5 Å². The SMILES string of the molecule is Nc1cc(Cl)ccc1OC1CCOC2(CCOC2)C1. The van der Waals surface area contributed by atoms with Crippen molar-refractivity contribution in [3.05, 3.63) is 23.2 Å². The van der Waals surface area contributed by atoms with Crippen LogP contribution in [0.3, 0.4) is 0 Å². The van der Waals surface area contributed by atoms with Crippen molar-refractivity contribution >= 4 is 17.3 Å². The first-order chi connectivity index (χ1) is 9.17. The summed E-state index contributed by atoms with van der Waals surface area (Å²) in [5.41, 5.74) is 6.35. The van der Waals surface area contributed by atoms with E-state index >= 15 is 0 Å². The fourth-order valence-electron chi connectivity index (χ4n) is 2.75. The maximum atomic E-state index is 6.01. The molecule has 0 radical (unpaired) electrons. The molecule has 2 N–H and O–H groups in total. The normalized spacial score (nSPS) is 30.7. The predicted octanol–water partition coefficient (Wildman–Crippen LogP) is 2.64. The van der Waals surface area contributed by atoms with E-state index in [1.807, 2.05) is 6.07 Å². The van der Waals surface area contributed by atoms with Crippen molar-refractivity contribution in [3.8, 4) is 5.75 Å². The monoisotopic (exact) mass is 283 g/mol. The van der Waals surface area contributed by atoms with Crippen LogP contribution in [0.2, 0.25) is 5.02 Å². The third kappa shape index (κ3) is 2.81. The topological polar surface area (TPSA) is 53.7 Å². The van der Waals surface area contributed by atoms with Gasteiger partial charge in [-0.15, -0.1) is 0 Å². The van der Waals surface area contributed by atoms with Crippen LogP contribution in [-0.4, -0.2) is 31.5 Å². The van der Waals surface area contributed by atoms with Gasteiger partial charge in [-0.05, 0) is 18.2 Å². The Morgan fingerprint density at radius 1 is 1.37 bits per heavy atom. The van der Waals surface area contributed by atoms with E-state index < -0.39 is 0 Å². The van der Waals surface area contributed by atoms with Crippen molar-refractivity contribution < 1.29 is 14.2 Å².